The van der Waals surface area contributed by atoms with E-state index in [1.807, 2.05) is 44.2 Å². The molecule has 0 atom stereocenters. The second-order valence-electron chi connectivity index (χ2n) is 2.98. The molecule has 0 aliphatic rings. The minimum absolute atomic E-state index is 0.423. The van der Waals surface area contributed by atoms with Gasteiger partial charge in [-0.1, -0.05) is 12.1 Å². The van der Waals surface area contributed by atoms with E-state index in [-0.39, 0.29) is 0 Å². The lowest BCUT2D eigenvalue weighted by atomic mass is 10.1. The molecule has 0 amide bonds. The predicted octanol–water partition coefficient (Wildman–Crippen LogP) is 3.06. The summed E-state index contributed by atoms with van der Waals surface area (Å²) in [6.45, 7) is 3.82. The summed E-state index contributed by atoms with van der Waals surface area (Å²) in [5.41, 5.74) is 0.980. The van der Waals surface area contributed by atoms with E-state index in [1.54, 1.807) is 0 Å². The molecule has 14 heavy (non-hydrogen) atoms. The summed E-state index contributed by atoms with van der Waals surface area (Å²) in [5, 5.41) is 8.54. The third kappa shape index (κ3) is 2.95. The van der Waals surface area contributed by atoms with Gasteiger partial charge in [-0.25, -0.2) is 0 Å². The quantitative estimate of drug-likeness (QED) is 0.681. The summed E-state index contributed by atoms with van der Waals surface area (Å²) in [6, 6.07) is 9.69. The van der Waals surface area contributed by atoms with Crippen molar-refractivity contribution >= 4 is 0 Å². The van der Waals surface area contributed by atoms with Crippen molar-refractivity contribution in [2.24, 2.45) is 0 Å². The van der Waals surface area contributed by atoms with Gasteiger partial charge in [0.15, 0.2) is 0 Å². The van der Waals surface area contributed by atoms with Gasteiger partial charge in [0.05, 0.1) is 18.2 Å². The molecular weight excluding hydrogens is 174 g/mol. The Morgan fingerprint density at radius 2 is 2.36 bits per heavy atom. The van der Waals surface area contributed by atoms with Crippen LogP contribution in [0.2, 0.25) is 0 Å². The summed E-state index contributed by atoms with van der Waals surface area (Å²) in [5.74, 6) is 1.65. The molecule has 0 fully saturated rings. The van der Waals surface area contributed by atoms with Gasteiger partial charge >= 0.3 is 0 Å². The van der Waals surface area contributed by atoms with E-state index >= 15 is 0 Å². The first-order valence-electron chi connectivity index (χ1n) is 4.53. The van der Waals surface area contributed by atoms with Gasteiger partial charge in [-0.05, 0) is 37.6 Å². The summed E-state index contributed by atoms with van der Waals surface area (Å²) >= 11 is 0. The maximum absolute atomic E-state index is 8.54. The fraction of sp³-hybridized carbons (Fsp3) is 0.250. The zero-order valence-electron chi connectivity index (χ0n) is 8.45. The zero-order valence-corrected chi connectivity index (χ0v) is 8.45. The first-order valence-corrected chi connectivity index (χ1v) is 4.53. The van der Waals surface area contributed by atoms with Crippen molar-refractivity contribution in [3.8, 4) is 11.8 Å². The molecule has 0 radical (unpaired) electrons. The highest BCUT2D eigenvalue weighted by molar-refractivity contribution is 5.31. The van der Waals surface area contributed by atoms with E-state index in [1.165, 1.54) is 0 Å². The second kappa shape index (κ2) is 5.08. The fourth-order valence-corrected chi connectivity index (χ4v) is 1.06. The molecule has 0 heterocycles. The Kier molecular flexibility index (Phi) is 3.75. The normalized spacial score (nSPS) is 10.8. The third-order valence-electron chi connectivity index (χ3n) is 1.87. The highest BCUT2D eigenvalue weighted by Gasteiger charge is 1.96. The smallest absolute Gasteiger partial charge is 0.127 e. The Balaban J connectivity index is 2.79. The van der Waals surface area contributed by atoms with Crippen LogP contribution in [0, 0.1) is 11.3 Å². The summed E-state index contributed by atoms with van der Waals surface area (Å²) < 4.78 is 5.50. The highest BCUT2D eigenvalue weighted by atomic mass is 16.5. The van der Waals surface area contributed by atoms with Gasteiger partial charge in [0, 0.05) is 0 Å². The average Bonchev–Trinajstić information content (AvgIpc) is 2.19. The van der Waals surface area contributed by atoms with E-state index in [0.29, 0.717) is 6.42 Å². The molecule has 0 saturated carbocycles. The molecule has 0 aliphatic carbocycles. The van der Waals surface area contributed by atoms with Crippen LogP contribution in [-0.4, -0.2) is 0 Å². The van der Waals surface area contributed by atoms with E-state index in [0.717, 1.165) is 17.1 Å². The van der Waals surface area contributed by atoms with Crippen molar-refractivity contribution in [2.75, 3.05) is 0 Å². The standard InChI is InChI=1S/C12H13NO/c1-3-10(2)14-12-6-4-5-11(9-12)7-8-13/h3-6,9H,7H2,1-2H3/b10-3-. The molecular formula is C12H13NO. The van der Waals surface area contributed by atoms with E-state index in [4.69, 9.17) is 10.00 Å². The molecule has 0 aromatic heterocycles. The van der Waals surface area contributed by atoms with Crippen molar-refractivity contribution in [3.05, 3.63) is 41.7 Å². The first kappa shape index (κ1) is 10.3. The molecule has 1 aromatic carbocycles. The van der Waals surface area contributed by atoms with Crippen LogP contribution >= 0.6 is 0 Å². The Hall–Kier alpha value is -1.75. The average molecular weight is 187 g/mol. The number of allylic oxidation sites excluding steroid dienone is 2. The van der Waals surface area contributed by atoms with Crippen LogP contribution in [0.15, 0.2) is 36.1 Å². The molecule has 0 saturated heterocycles. The molecule has 0 unspecified atom stereocenters. The molecule has 0 bridgehead atoms. The molecule has 1 aromatic rings. The van der Waals surface area contributed by atoms with Crippen LogP contribution in [0.3, 0.4) is 0 Å². The molecule has 2 nitrogen and oxygen atoms in total. The number of benzene rings is 1. The monoisotopic (exact) mass is 187 g/mol. The molecule has 0 spiro atoms. The zero-order chi connectivity index (χ0) is 10.4. The summed E-state index contributed by atoms with van der Waals surface area (Å²) in [6.07, 6.45) is 2.32. The lowest BCUT2D eigenvalue weighted by Gasteiger charge is -2.05. The predicted molar refractivity (Wildman–Crippen MR) is 55.8 cm³/mol. The van der Waals surface area contributed by atoms with E-state index < -0.39 is 0 Å². The number of rotatable bonds is 3. The molecule has 72 valence electrons. The largest absolute Gasteiger partial charge is 0.462 e. The number of ether oxygens (including phenoxy) is 1. The SMILES string of the molecule is C/C=C(/C)Oc1cccc(CC#N)c1. The number of nitriles is 1. The van der Waals surface area contributed by atoms with Crippen LogP contribution in [-0.2, 0) is 6.42 Å². The van der Waals surface area contributed by atoms with Gasteiger partial charge in [-0.3, -0.25) is 0 Å². The number of nitrogens with zero attached hydrogens (tertiary/aromatic N) is 1. The lowest BCUT2D eigenvalue weighted by Crippen LogP contribution is -1.91. The molecule has 2 heteroatoms. The van der Waals surface area contributed by atoms with Crippen LogP contribution < -0.4 is 4.74 Å². The second-order valence-corrected chi connectivity index (χ2v) is 2.98. The van der Waals surface area contributed by atoms with Crippen LogP contribution in [0.5, 0.6) is 5.75 Å². The van der Waals surface area contributed by atoms with Crippen molar-refractivity contribution in [3.63, 3.8) is 0 Å². The third-order valence-corrected chi connectivity index (χ3v) is 1.87. The van der Waals surface area contributed by atoms with Crippen LogP contribution in [0.4, 0.5) is 0 Å². The van der Waals surface area contributed by atoms with Gasteiger partial charge < -0.3 is 4.74 Å². The molecule has 0 aliphatic heterocycles. The fourth-order valence-electron chi connectivity index (χ4n) is 1.06. The summed E-state index contributed by atoms with van der Waals surface area (Å²) in [4.78, 5) is 0. The first-order chi connectivity index (χ1) is 6.76. The molecule has 1 rings (SSSR count). The van der Waals surface area contributed by atoms with Crippen LogP contribution in [0.1, 0.15) is 19.4 Å². The van der Waals surface area contributed by atoms with Crippen molar-refractivity contribution in [1.82, 2.24) is 0 Å². The van der Waals surface area contributed by atoms with Crippen molar-refractivity contribution < 1.29 is 4.74 Å². The van der Waals surface area contributed by atoms with Crippen LogP contribution in [0.25, 0.3) is 0 Å². The number of hydrogen-bond donors (Lipinski definition) is 0. The van der Waals surface area contributed by atoms with E-state index in [2.05, 4.69) is 6.07 Å². The van der Waals surface area contributed by atoms with Gasteiger partial charge in [-0.15, -0.1) is 0 Å². The maximum atomic E-state index is 8.54. The van der Waals surface area contributed by atoms with E-state index in [9.17, 15) is 0 Å². The van der Waals surface area contributed by atoms with Gasteiger partial charge in [0.2, 0.25) is 0 Å². The van der Waals surface area contributed by atoms with Gasteiger partial charge in [0.1, 0.15) is 5.75 Å². The Labute approximate surface area is 84.4 Å². The Bertz CT molecular complexity index is 374. The van der Waals surface area contributed by atoms with Gasteiger partial charge in [-0.2, -0.15) is 5.26 Å². The maximum Gasteiger partial charge on any atom is 0.127 e. The molecule has 0 N–H and O–H groups in total. The number of hydrogen-bond acceptors (Lipinski definition) is 2. The topological polar surface area (TPSA) is 33.0 Å². The Morgan fingerprint density at radius 3 is 3.00 bits per heavy atom. The Morgan fingerprint density at radius 1 is 1.57 bits per heavy atom. The van der Waals surface area contributed by atoms with Crippen molar-refractivity contribution in [2.45, 2.75) is 20.3 Å². The van der Waals surface area contributed by atoms with Crippen molar-refractivity contribution in [1.29, 1.82) is 5.26 Å². The lowest BCUT2D eigenvalue weighted by molar-refractivity contribution is 0.426. The highest BCUT2D eigenvalue weighted by Crippen LogP contribution is 2.16. The van der Waals surface area contributed by atoms with Gasteiger partial charge in [0.25, 0.3) is 0 Å². The summed E-state index contributed by atoms with van der Waals surface area (Å²) in [7, 11) is 0. The minimum Gasteiger partial charge on any atom is -0.462 e. The minimum atomic E-state index is 0.423.